The molecule has 0 aliphatic carbocycles. The van der Waals surface area contributed by atoms with E-state index in [0.717, 1.165) is 25.7 Å². The average Bonchev–Trinajstić information content (AvgIpc) is 2.43. The van der Waals surface area contributed by atoms with Crippen molar-refractivity contribution in [2.75, 3.05) is 0 Å². The maximum atomic E-state index is 11.6. The Morgan fingerprint density at radius 2 is 2.00 bits per heavy atom. The second-order valence-corrected chi connectivity index (χ2v) is 5.27. The monoisotopic (exact) mass is 287 g/mol. The molecule has 0 aliphatic heterocycles. The maximum absolute atomic E-state index is 11.6. The Bertz CT molecular complexity index is 475. The van der Waals surface area contributed by atoms with Gasteiger partial charge in [-0.25, -0.2) is 0 Å². The van der Waals surface area contributed by atoms with Crippen LogP contribution in [-0.2, 0) is 11.2 Å². The summed E-state index contributed by atoms with van der Waals surface area (Å²) in [7, 11) is 0. The molecule has 3 heteroatoms. The molecule has 0 heterocycles. The molecule has 2 N–H and O–H groups in total. The quantitative estimate of drug-likeness (QED) is 0.333. The van der Waals surface area contributed by atoms with Gasteiger partial charge < -0.3 is 10.4 Å². The van der Waals surface area contributed by atoms with Gasteiger partial charge in [-0.05, 0) is 57.2 Å². The van der Waals surface area contributed by atoms with E-state index in [9.17, 15) is 9.90 Å². The lowest BCUT2D eigenvalue weighted by Gasteiger charge is -2.19. The molecule has 0 radical (unpaired) electrons. The number of hydrogen-bond donors (Lipinski definition) is 2. The van der Waals surface area contributed by atoms with Crippen LogP contribution in [0.1, 0.15) is 38.7 Å². The Balaban J connectivity index is 2.18. The Kier molecular flexibility index (Phi) is 7.48. The maximum Gasteiger partial charge on any atom is 0.246 e. The molecule has 21 heavy (non-hydrogen) atoms. The van der Waals surface area contributed by atoms with Crippen molar-refractivity contribution in [3.05, 3.63) is 60.2 Å². The fourth-order valence-electron chi connectivity index (χ4n) is 2.08. The summed E-state index contributed by atoms with van der Waals surface area (Å²) in [6.07, 6.45) is 10.7. The number of hydrogen-bond acceptors (Lipinski definition) is 2. The van der Waals surface area contributed by atoms with E-state index in [1.807, 2.05) is 12.1 Å². The number of aryl methyl sites for hydroxylation is 1. The normalized spacial score (nSPS) is 14.4. The van der Waals surface area contributed by atoms with Crippen molar-refractivity contribution in [1.29, 1.82) is 0 Å². The molecule has 3 nitrogen and oxygen atoms in total. The number of amides is 1. The highest BCUT2D eigenvalue weighted by atomic mass is 16.3. The summed E-state index contributed by atoms with van der Waals surface area (Å²) in [6, 6.07) is 10.4. The van der Waals surface area contributed by atoms with Gasteiger partial charge in [0.1, 0.15) is 0 Å². The minimum absolute atomic E-state index is 0.277. The molecule has 1 aromatic rings. The second-order valence-electron chi connectivity index (χ2n) is 5.27. The van der Waals surface area contributed by atoms with Crippen molar-refractivity contribution in [3.8, 4) is 0 Å². The molecule has 0 bridgehead atoms. The van der Waals surface area contributed by atoms with Gasteiger partial charge in [-0.2, -0.15) is 0 Å². The number of benzene rings is 1. The molecule has 0 aliphatic rings. The molecule has 0 fully saturated rings. The second kappa shape index (κ2) is 9.14. The van der Waals surface area contributed by atoms with E-state index in [0.29, 0.717) is 0 Å². The van der Waals surface area contributed by atoms with Crippen molar-refractivity contribution in [2.45, 2.75) is 45.3 Å². The lowest BCUT2D eigenvalue weighted by atomic mass is 10.1. The summed E-state index contributed by atoms with van der Waals surface area (Å²) in [6.45, 7) is 3.34. The number of allylic oxidation sites excluding steroid dienone is 2. The highest BCUT2D eigenvalue weighted by Crippen LogP contribution is 2.06. The van der Waals surface area contributed by atoms with E-state index in [1.54, 1.807) is 26.0 Å². The molecule has 1 amide bonds. The lowest BCUT2D eigenvalue weighted by molar-refractivity contribution is -0.121. The van der Waals surface area contributed by atoms with Crippen LogP contribution in [0.4, 0.5) is 0 Å². The van der Waals surface area contributed by atoms with Gasteiger partial charge in [-0.3, -0.25) is 4.79 Å². The number of unbranched alkanes of at least 4 members (excludes halogenated alkanes) is 2. The van der Waals surface area contributed by atoms with E-state index in [2.05, 4.69) is 29.6 Å². The van der Waals surface area contributed by atoms with Gasteiger partial charge in [0.15, 0.2) is 5.72 Å². The molecular weight excluding hydrogens is 262 g/mol. The zero-order valence-electron chi connectivity index (χ0n) is 12.9. The van der Waals surface area contributed by atoms with Crippen molar-refractivity contribution in [3.63, 3.8) is 0 Å². The molecule has 1 atom stereocenters. The predicted molar refractivity (Wildman–Crippen MR) is 86.7 cm³/mol. The van der Waals surface area contributed by atoms with Crippen LogP contribution in [-0.4, -0.2) is 16.7 Å². The average molecular weight is 287 g/mol. The first-order valence-corrected chi connectivity index (χ1v) is 7.42. The molecule has 1 unspecified atom stereocenters. The number of nitrogens with one attached hydrogen (secondary N) is 1. The minimum atomic E-state index is -1.29. The van der Waals surface area contributed by atoms with Crippen molar-refractivity contribution < 1.29 is 9.90 Å². The third-order valence-electron chi connectivity index (χ3n) is 3.07. The summed E-state index contributed by atoms with van der Waals surface area (Å²) in [5.41, 5.74) is 0.0605. The third-order valence-corrected chi connectivity index (χ3v) is 3.07. The first-order chi connectivity index (χ1) is 10.0. The van der Waals surface area contributed by atoms with Crippen LogP contribution in [0.25, 0.3) is 0 Å². The van der Waals surface area contributed by atoms with Crippen molar-refractivity contribution in [2.24, 2.45) is 0 Å². The van der Waals surface area contributed by atoms with Gasteiger partial charge in [0.25, 0.3) is 0 Å². The Morgan fingerprint density at radius 1 is 1.29 bits per heavy atom. The fourth-order valence-corrected chi connectivity index (χ4v) is 2.08. The lowest BCUT2D eigenvalue weighted by Crippen LogP contribution is -2.43. The number of aliphatic hydroxyl groups is 1. The van der Waals surface area contributed by atoms with Gasteiger partial charge >= 0.3 is 0 Å². The Labute approximate surface area is 127 Å². The van der Waals surface area contributed by atoms with Crippen LogP contribution >= 0.6 is 0 Å². The van der Waals surface area contributed by atoms with Gasteiger partial charge in [0.2, 0.25) is 5.91 Å². The highest BCUT2D eigenvalue weighted by molar-refractivity contribution is 5.88. The van der Waals surface area contributed by atoms with Gasteiger partial charge in [-0.15, -0.1) is 0 Å². The Hall–Kier alpha value is -1.87. The van der Waals surface area contributed by atoms with Crippen LogP contribution in [0.3, 0.4) is 0 Å². The van der Waals surface area contributed by atoms with Crippen molar-refractivity contribution >= 4 is 5.91 Å². The summed E-state index contributed by atoms with van der Waals surface area (Å²) >= 11 is 0. The summed E-state index contributed by atoms with van der Waals surface area (Å²) in [5, 5.41) is 12.3. The largest absolute Gasteiger partial charge is 0.368 e. The van der Waals surface area contributed by atoms with Gasteiger partial charge in [0, 0.05) is 0 Å². The molecule has 1 aromatic carbocycles. The number of carbonyl (C=O) groups is 1. The Morgan fingerprint density at radius 3 is 2.67 bits per heavy atom. The molecule has 0 saturated carbocycles. The smallest absolute Gasteiger partial charge is 0.246 e. The summed E-state index contributed by atoms with van der Waals surface area (Å²) < 4.78 is 0. The molecule has 0 saturated heterocycles. The molecule has 1 rings (SSSR count). The fraction of sp³-hybridized carbons (Fsp3) is 0.389. The van der Waals surface area contributed by atoms with E-state index >= 15 is 0 Å². The van der Waals surface area contributed by atoms with Crippen LogP contribution < -0.4 is 5.32 Å². The standard InChI is InChI=1S/C18H25NO2/c1-3-15-18(2,21)19-17(20)14-10-5-4-7-11-16-12-8-6-9-13-16/h3,6,8-10,12-15,21H,4-5,7,11H2,1-2H3,(H,19,20)/b14-10-,15-3-. The summed E-state index contributed by atoms with van der Waals surface area (Å²) in [5.74, 6) is -0.277. The van der Waals surface area contributed by atoms with Gasteiger partial charge in [-0.1, -0.05) is 42.5 Å². The zero-order valence-corrected chi connectivity index (χ0v) is 12.9. The first kappa shape index (κ1) is 17.2. The number of rotatable bonds is 8. The SMILES string of the molecule is C/C=C\C(C)(O)NC(=O)/C=C\CCCCc1ccccc1. The highest BCUT2D eigenvalue weighted by Gasteiger charge is 2.16. The topological polar surface area (TPSA) is 49.3 Å². The van der Waals surface area contributed by atoms with Crippen LogP contribution in [0.5, 0.6) is 0 Å². The van der Waals surface area contributed by atoms with E-state index in [4.69, 9.17) is 0 Å². The van der Waals surface area contributed by atoms with Crippen molar-refractivity contribution in [1.82, 2.24) is 5.32 Å². The van der Waals surface area contributed by atoms with Crippen LogP contribution in [0.15, 0.2) is 54.6 Å². The number of carbonyl (C=O) groups excluding carboxylic acids is 1. The van der Waals surface area contributed by atoms with Crippen LogP contribution in [0.2, 0.25) is 0 Å². The minimum Gasteiger partial charge on any atom is -0.368 e. The zero-order chi connectivity index (χ0) is 15.6. The third kappa shape index (κ3) is 8.10. The molecule has 0 aromatic heterocycles. The first-order valence-electron chi connectivity index (χ1n) is 7.42. The molecular formula is C18H25NO2. The van der Waals surface area contributed by atoms with Gasteiger partial charge in [0.05, 0.1) is 0 Å². The summed E-state index contributed by atoms with van der Waals surface area (Å²) in [4.78, 5) is 11.6. The van der Waals surface area contributed by atoms with Crippen LogP contribution in [0, 0.1) is 0 Å². The molecule has 0 spiro atoms. The van der Waals surface area contributed by atoms with E-state index < -0.39 is 5.72 Å². The van der Waals surface area contributed by atoms with E-state index in [-0.39, 0.29) is 5.91 Å². The predicted octanol–water partition coefficient (Wildman–Crippen LogP) is 3.36. The van der Waals surface area contributed by atoms with E-state index in [1.165, 1.54) is 11.6 Å². The molecule has 114 valence electrons.